The number of rotatable bonds is 13. The summed E-state index contributed by atoms with van der Waals surface area (Å²) in [5, 5.41) is -1.61. The summed E-state index contributed by atoms with van der Waals surface area (Å²) >= 11 is 0. The lowest BCUT2D eigenvalue weighted by Gasteiger charge is -2.07. The molecule has 0 saturated carbocycles. The molecule has 0 aromatic carbocycles. The number of allylic oxidation sites excluding steroid dienone is 1. The summed E-state index contributed by atoms with van der Waals surface area (Å²) in [6.45, 7) is 2.17. The zero-order valence-corrected chi connectivity index (χ0v) is 14.8. The summed E-state index contributed by atoms with van der Waals surface area (Å²) < 4.78 is 61.1. The van der Waals surface area contributed by atoms with Gasteiger partial charge in [0.05, 0.1) is 5.75 Å². The molecule has 0 aliphatic rings. The zero-order chi connectivity index (χ0) is 17.1. The van der Waals surface area contributed by atoms with Gasteiger partial charge in [-0.3, -0.25) is 9.11 Å². The van der Waals surface area contributed by atoms with Crippen LogP contribution in [0.5, 0.6) is 0 Å². The Labute approximate surface area is 134 Å². The maximum atomic E-state index is 11.0. The van der Waals surface area contributed by atoms with Crippen LogP contribution < -0.4 is 0 Å². The first-order chi connectivity index (χ1) is 10.2. The third-order valence-corrected chi connectivity index (χ3v) is 5.41. The minimum atomic E-state index is -4.53. The molecule has 6 nitrogen and oxygen atoms in total. The summed E-state index contributed by atoms with van der Waals surface area (Å²) in [6.07, 6.45) is 12.5. The Balaban J connectivity index is 3.97. The average Bonchev–Trinajstić information content (AvgIpc) is 2.37. The quantitative estimate of drug-likeness (QED) is 0.298. The molecular weight excluding hydrogens is 328 g/mol. The van der Waals surface area contributed by atoms with Gasteiger partial charge in [0, 0.05) is 0 Å². The molecule has 0 saturated heterocycles. The summed E-state index contributed by atoms with van der Waals surface area (Å²) in [4.78, 5) is 0. The number of hydrogen-bond donors (Lipinski definition) is 2. The van der Waals surface area contributed by atoms with Gasteiger partial charge in [-0.25, -0.2) is 0 Å². The first-order valence-corrected chi connectivity index (χ1v) is 10.9. The molecule has 1 atom stereocenters. The van der Waals surface area contributed by atoms with Crippen molar-refractivity contribution in [3.8, 4) is 0 Å². The maximum Gasteiger partial charge on any atom is 0.272 e. The van der Waals surface area contributed by atoms with E-state index in [2.05, 4.69) is 6.92 Å². The fourth-order valence-electron chi connectivity index (χ4n) is 2.09. The van der Waals surface area contributed by atoms with Crippen LogP contribution in [0.2, 0.25) is 0 Å². The molecule has 0 aromatic rings. The number of hydrogen-bond acceptors (Lipinski definition) is 4. The van der Waals surface area contributed by atoms with Gasteiger partial charge < -0.3 is 0 Å². The van der Waals surface area contributed by atoms with E-state index in [0.717, 1.165) is 25.3 Å². The monoisotopic (exact) mass is 356 g/mol. The molecule has 0 aliphatic heterocycles. The van der Waals surface area contributed by atoms with Crippen LogP contribution in [0.25, 0.3) is 0 Å². The smallest absolute Gasteiger partial charge is 0.272 e. The van der Waals surface area contributed by atoms with E-state index in [1.165, 1.54) is 32.1 Å². The second kappa shape index (κ2) is 11.2. The van der Waals surface area contributed by atoms with Gasteiger partial charge in [-0.15, -0.1) is 0 Å². The minimum absolute atomic E-state index is 0.618. The SMILES string of the molecule is CCCCCCCCCCC=CC(CS(=O)(=O)O)S(=O)(=O)O. The Bertz CT molecular complexity index is 507. The van der Waals surface area contributed by atoms with Crippen molar-refractivity contribution in [3.63, 3.8) is 0 Å². The van der Waals surface area contributed by atoms with E-state index in [1.807, 2.05) is 0 Å². The summed E-state index contributed by atoms with van der Waals surface area (Å²) in [6, 6.07) is 0. The summed E-state index contributed by atoms with van der Waals surface area (Å²) in [5.41, 5.74) is 0. The normalized spacial score (nSPS) is 14.5. The van der Waals surface area contributed by atoms with Gasteiger partial charge in [-0.1, -0.05) is 64.0 Å². The van der Waals surface area contributed by atoms with E-state index in [-0.39, 0.29) is 0 Å². The molecule has 22 heavy (non-hydrogen) atoms. The maximum absolute atomic E-state index is 11.0. The first-order valence-electron chi connectivity index (χ1n) is 7.75. The van der Waals surface area contributed by atoms with Crippen LogP contribution >= 0.6 is 0 Å². The number of unbranched alkanes of at least 4 members (excludes halogenated alkanes) is 8. The second-order valence-electron chi connectivity index (χ2n) is 5.49. The van der Waals surface area contributed by atoms with Crippen molar-refractivity contribution in [2.45, 2.75) is 70.0 Å². The van der Waals surface area contributed by atoms with Gasteiger partial charge in [0.25, 0.3) is 20.2 Å². The van der Waals surface area contributed by atoms with Crippen LogP contribution in [0.15, 0.2) is 12.2 Å². The highest BCUT2D eigenvalue weighted by Gasteiger charge is 2.25. The Morgan fingerprint density at radius 2 is 1.36 bits per heavy atom. The van der Waals surface area contributed by atoms with Crippen molar-refractivity contribution in [2.75, 3.05) is 5.75 Å². The highest BCUT2D eigenvalue weighted by molar-refractivity contribution is 7.90. The molecule has 0 spiro atoms. The van der Waals surface area contributed by atoms with Gasteiger partial charge in [0.15, 0.2) is 0 Å². The van der Waals surface area contributed by atoms with Crippen LogP contribution in [-0.2, 0) is 20.2 Å². The lowest BCUT2D eigenvalue weighted by molar-refractivity contribution is 0.464. The predicted octanol–water partition coefficient (Wildman–Crippen LogP) is 3.22. The Morgan fingerprint density at radius 3 is 1.82 bits per heavy atom. The van der Waals surface area contributed by atoms with Crippen molar-refractivity contribution in [1.29, 1.82) is 0 Å². The molecule has 0 aromatic heterocycles. The third kappa shape index (κ3) is 13.2. The third-order valence-electron chi connectivity index (χ3n) is 3.33. The molecule has 0 bridgehead atoms. The van der Waals surface area contributed by atoms with Crippen molar-refractivity contribution in [1.82, 2.24) is 0 Å². The molecule has 0 fully saturated rings. The molecule has 1 unspecified atom stereocenters. The topological polar surface area (TPSA) is 109 Å². The van der Waals surface area contributed by atoms with E-state index in [4.69, 9.17) is 9.11 Å². The molecule has 132 valence electrons. The highest BCUT2D eigenvalue weighted by Crippen LogP contribution is 2.11. The van der Waals surface area contributed by atoms with E-state index < -0.39 is 31.2 Å². The van der Waals surface area contributed by atoms with Crippen molar-refractivity contribution >= 4 is 20.2 Å². The van der Waals surface area contributed by atoms with E-state index in [0.29, 0.717) is 6.42 Å². The van der Waals surface area contributed by atoms with Crippen molar-refractivity contribution < 1.29 is 25.9 Å². The van der Waals surface area contributed by atoms with Crippen molar-refractivity contribution in [2.24, 2.45) is 0 Å². The first kappa shape index (κ1) is 21.6. The van der Waals surface area contributed by atoms with Crippen molar-refractivity contribution in [3.05, 3.63) is 12.2 Å². The highest BCUT2D eigenvalue weighted by atomic mass is 32.2. The second-order valence-corrected chi connectivity index (χ2v) is 8.63. The fraction of sp³-hybridized carbons (Fsp3) is 0.857. The van der Waals surface area contributed by atoms with Gasteiger partial charge >= 0.3 is 0 Å². The molecule has 0 amide bonds. The molecule has 0 rings (SSSR count). The molecule has 0 heterocycles. The Morgan fingerprint density at radius 1 is 0.864 bits per heavy atom. The van der Waals surface area contributed by atoms with Crippen LogP contribution in [0, 0.1) is 0 Å². The zero-order valence-electron chi connectivity index (χ0n) is 13.1. The molecule has 2 N–H and O–H groups in total. The molecular formula is C14H28O6S2. The standard InChI is InChI=1S/C14H28O6S2/c1-2-3-4-5-6-7-8-9-10-11-12-14(22(18,19)20)13-21(15,16)17/h11-12,14H,2-10,13H2,1H3,(H,15,16,17)(H,18,19,20). The Hall–Kier alpha value is -0.440. The summed E-state index contributed by atoms with van der Waals surface area (Å²) in [5.74, 6) is -1.03. The minimum Gasteiger partial charge on any atom is -0.285 e. The lowest BCUT2D eigenvalue weighted by Crippen LogP contribution is -2.27. The van der Waals surface area contributed by atoms with Crippen LogP contribution in [-0.4, -0.2) is 36.9 Å². The van der Waals surface area contributed by atoms with Crippen LogP contribution in [0.3, 0.4) is 0 Å². The molecule has 8 heteroatoms. The largest absolute Gasteiger partial charge is 0.285 e. The van der Waals surface area contributed by atoms with Gasteiger partial charge in [-0.2, -0.15) is 16.8 Å². The van der Waals surface area contributed by atoms with E-state index >= 15 is 0 Å². The van der Waals surface area contributed by atoms with E-state index in [9.17, 15) is 16.8 Å². The Kier molecular flexibility index (Phi) is 10.9. The van der Waals surface area contributed by atoms with Crippen LogP contribution in [0.1, 0.15) is 64.7 Å². The van der Waals surface area contributed by atoms with Gasteiger partial charge in [0.1, 0.15) is 5.25 Å². The predicted molar refractivity (Wildman–Crippen MR) is 88.1 cm³/mol. The lowest BCUT2D eigenvalue weighted by atomic mass is 10.1. The molecule has 0 aliphatic carbocycles. The molecule has 0 radical (unpaired) electrons. The van der Waals surface area contributed by atoms with E-state index in [1.54, 1.807) is 6.08 Å². The van der Waals surface area contributed by atoms with Gasteiger partial charge in [-0.05, 0) is 12.8 Å². The summed E-state index contributed by atoms with van der Waals surface area (Å²) in [7, 11) is -8.99. The van der Waals surface area contributed by atoms with Gasteiger partial charge in [0.2, 0.25) is 0 Å². The van der Waals surface area contributed by atoms with Crippen LogP contribution in [0.4, 0.5) is 0 Å². The average molecular weight is 357 g/mol. The fourth-order valence-corrected chi connectivity index (χ4v) is 4.13.